The molecule has 3 rings (SSSR count). The van der Waals surface area contributed by atoms with Crippen LogP contribution in [0.4, 0.5) is 0 Å². The van der Waals surface area contributed by atoms with Crippen LogP contribution in [0.1, 0.15) is 24.9 Å². The lowest BCUT2D eigenvalue weighted by Gasteiger charge is -2.26. The number of hydrogen-bond donors (Lipinski definition) is 1. The Bertz CT molecular complexity index is 405. The predicted molar refractivity (Wildman–Crippen MR) is 59.1 cm³/mol. The highest BCUT2D eigenvalue weighted by molar-refractivity contribution is 5.53. The van der Waals surface area contributed by atoms with Crippen molar-refractivity contribution in [2.75, 3.05) is 19.9 Å². The molecule has 86 valence electrons. The predicted octanol–water partition coefficient (Wildman–Crippen LogP) is 1.85. The molecule has 4 nitrogen and oxygen atoms in total. The topological polar surface area (TPSA) is 39.7 Å². The van der Waals surface area contributed by atoms with Crippen LogP contribution < -0.4 is 19.5 Å². The zero-order valence-corrected chi connectivity index (χ0v) is 9.29. The molecule has 0 fully saturated rings. The molecule has 2 aliphatic rings. The van der Waals surface area contributed by atoms with Crippen molar-refractivity contribution in [2.45, 2.75) is 19.4 Å². The van der Waals surface area contributed by atoms with Gasteiger partial charge in [0.1, 0.15) is 5.75 Å². The second-order valence-corrected chi connectivity index (χ2v) is 3.99. The summed E-state index contributed by atoms with van der Waals surface area (Å²) in [7, 11) is 0. The second kappa shape index (κ2) is 3.87. The average Bonchev–Trinajstić information content (AvgIpc) is 2.74. The third-order valence-corrected chi connectivity index (χ3v) is 3.00. The largest absolute Gasteiger partial charge is 0.493 e. The minimum absolute atomic E-state index is 0.310. The summed E-state index contributed by atoms with van der Waals surface area (Å²) < 4.78 is 16.4. The summed E-state index contributed by atoms with van der Waals surface area (Å²) in [5.74, 6) is 2.53. The molecule has 0 amide bonds. The lowest BCUT2D eigenvalue weighted by Crippen LogP contribution is -2.26. The SMILES string of the molecule is CCNC1CCOc2cc3c(cc21)OCO3. The molecular weight excluding hydrogens is 206 g/mol. The van der Waals surface area contributed by atoms with Crippen molar-refractivity contribution >= 4 is 0 Å². The van der Waals surface area contributed by atoms with Gasteiger partial charge in [0.25, 0.3) is 0 Å². The number of nitrogens with one attached hydrogen (secondary N) is 1. The second-order valence-electron chi connectivity index (χ2n) is 3.99. The summed E-state index contributed by atoms with van der Waals surface area (Å²) >= 11 is 0. The van der Waals surface area contributed by atoms with E-state index in [0.717, 1.165) is 36.8 Å². The van der Waals surface area contributed by atoms with E-state index in [-0.39, 0.29) is 0 Å². The van der Waals surface area contributed by atoms with Crippen LogP contribution in [0, 0.1) is 0 Å². The van der Waals surface area contributed by atoms with Crippen molar-refractivity contribution in [1.82, 2.24) is 5.32 Å². The van der Waals surface area contributed by atoms with Crippen LogP contribution in [-0.2, 0) is 0 Å². The quantitative estimate of drug-likeness (QED) is 0.827. The van der Waals surface area contributed by atoms with Gasteiger partial charge in [0.2, 0.25) is 6.79 Å². The fourth-order valence-corrected chi connectivity index (χ4v) is 2.24. The first kappa shape index (κ1) is 9.78. The number of hydrogen-bond acceptors (Lipinski definition) is 4. The van der Waals surface area contributed by atoms with E-state index in [2.05, 4.69) is 12.2 Å². The molecule has 2 heterocycles. The number of fused-ring (bicyclic) bond motifs is 2. The van der Waals surface area contributed by atoms with Gasteiger partial charge in [-0.25, -0.2) is 0 Å². The molecule has 2 aliphatic heterocycles. The van der Waals surface area contributed by atoms with Gasteiger partial charge >= 0.3 is 0 Å². The minimum atomic E-state index is 0.310. The van der Waals surface area contributed by atoms with Crippen LogP contribution in [0.3, 0.4) is 0 Å². The average molecular weight is 221 g/mol. The third-order valence-electron chi connectivity index (χ3n) is 3.00. The van der Waals surface area contributed by atoms with E-state index in [4.69, 9.17) is 14.2 Å². The van der Waals surface area contributed by atoms with Crippen molar-refractivity contribution in [3.05, 3.63) is 17.7 Å². The highest BCUT2D eigenvalue weighted by Crippen LogP contribution is 2.42. The Balaban J connectivity index is 2.00. The highest BCUT2D eigenvalue weighted by Gasteiger charge is 2.25. The summed E-state index contributed by atoms with van der Waals surface area (Å²) in [4.78, 5) is 0. The van der Waals surface area contributed by atoms with Gasteiger partial charge in [-0.2, -0.15) is 0 Å². The molecule has 0 spiro atoms. The molecule has 1 N–H and O–H groups in total. The smallest absolute Gasteiger partial charge is 0.231 e. The van der Waals surface area contributed by atoms with Gasteiger partial charge in [0.15, 0.2) is 11.5 Å². The zero-order chi connectivity index (χ0) is 11.0. The van der Waals surface area contributed by atoms with E-state index in [9.17, 15) is 0 Å². The van der Waals surface area contributed by atoms with Crippen LogP contribution in [0.15, 0.2) is 12.1 Å². The fourth-order valence-electron chi connectivity index (χ4n) is 2.24. The van der Waals surface area contributed by atoms with E-state index >= 15 is 0 Å². The van der Waals surface area contributed by atoms with Crippen LogP contribution >= 0.6 is 0 Å². The van der Waals surface area contributed by atoms with Gasteiger partial charge in [-0.1, -0.05) is 6.92 Å². The maximum absolute atomic E-state index is 5.65. The molecule has 1 aromatic carbocycles. The molecule has 0 saturated heterocycles. The Morgan fingerprint density at radius 3 is 2.81 bits per heavy atom. The van der Waals surface area contributed by atoms with Gasteiger partial charge in [-0.05, 0) is 12.6 Å². The first-order valence-electron chi connectivity index (χ1n) is 5.68. The van der Waals surface area contributed by atoms with Crippen molar-refractivity contribution in [3.8, 4) is 17.2 Å². The zero-order valence-electron chi connectivity index (χ0n) is 9.29. The molecule has 1 aromatic rings. The molecule has 0 radical (unpaired) electrons. The van der Waals surface area contributed by atoms with Gasteiger partial charge in [0, 0.05) is 24.1 Å². The summed E-state index contributed by atoms with van der Waals surface area (Å²) in [5.41, 5.74) is 1.18. The van der Waals surface area contributed by atoms with Crippen LogP contribution in [0.25, 0.3) is 0 Å². The number of rotatable bonds is 2. The molecule has 4 heteroatoms. The van der Waals surface area contributed by atoms with Crippen molar-refractivity contribution in [1.29, 1.82) is 0 Å². The molecule has 0 saturated carbocycles. The van der Waals surface area contributed by atoms with Crippen LogP contribution in [0.5, 0.6) is 17.2 Å². The minimum Gasteiger partial charge on any atom is -0.493 e. The summed E-state index contributed by atoms with van der Waals surface area (Å²) in [6.45, 7) is 4.13. The maximum atomic E-state index is 5.65. The van der Waals surface area contributed by atoms with Gasteiger partial charge in [0.05, 0.1) is 6.61 Å². The number of benzene rings is 1. The van der Waals surface area contributed by atoms with Gasteiger partial charge in [-0.3, -0.25) is 0 Å². The standard InChI is InChI=1S/C12H15NO3/c1-2-13-9-3-4-14-10-6-12-11(5-8(9)10)15-7-16-12/h5-6,9,13H,2-4,7H2,1H3. The summed E-state index contributed by atoms with van der Waals surface area (Å²) in [6, 6.07) is 4.33. The van der Waals surface area contributed by atoms with Crippen molar-refractivity contribution < 1.29 is 14.2 Å². The summed E-state index contributed by atoms with van der Waals surface area (Å²) in [6.07, 6.45) is 1.00. The first-order valence-corrected chi connectivity index (χ1v) is 5.68. The molecule has 0 bridgehead atoms. The lowest BCUT2D eigenvalue weighted by atomic mass is 10.00. The summed E-state index contributed by atoms with van der Waals surface area (Å²) in [5, 5.41) is 3.46. The maximum Gasteiger partial charge on any atom is 0.231 e. The lowest BCUT2D eigenvalue weighted by molar-refractivity contribution is 0.174. The van der Waals surface area contributed by atoms with E-state index in [1.54, 1.807) is 0 Å². The van der Waals surface area contributed by atoms with Crippen molar-refractivity contribution in [2.24, 2.45) is 0 Å². The molecular formula is C12H15NO3. The molecule has 0 aliphatic carbocycles. The molecule has 1 unspecified atom stereocenters. The first-order chi connectivity index (χ1) is 7.88. The molecule has 1 atom stereocenters. The van der Waals surface area contributed by atoms with Gasteiger partial charge in [-0.15, -0.1) is 0 Å². The Labute approximate surface area is 94.5 Å². The van der Waals surface area contributed by atoms with E-state index in [1.807, 2.05) is 12.1 Å². The normalized spacial score (nSPS) is 21.4. The van der Waals surface area contributed by atoms with E-state index in [0.29, 0.717) is 12.8 Å². The fraction of sp³-hybridized carbons (Fsp3) is 0.500. The van der Waals surface area contributed by atoms with Crippen LogP contribution in [-0.4, -0.2) is 19.9 Å². The monoisotopic (exact) mass is 221 g/mol. The highest BCUT2D eigenvalue weighted by atomic mass is 16.7. The third kappa shape index (κ3) is 1.50. The molecule has 0 aromatic heterocycles. The Morgan fingerprint density at radius 1 is 1.19 bits per heavy atom. The molecule has 16 heavy (non-hydrogen) atoms. The Morgan fingerprint density at radius 2 is 2.00 bits per heavy atom. The van der Waals surface area contributed by atoms with E-state index in [1.165, 1.54) is 5.56 Å². The Hall–Kier alpha value is -1.42. The van der Waals surface area contributed by atoms with Gasteiger partial charge < -0.3 is 19.5 Å². The van der Waals surface area contributed by atoms with Crippen LogP contribution in [0.2, 0.25) is 0 Å². The Kier molecular flexibility index (Phi) is 2.36. The van der Waals surface area contributed by atoms with Crippen molar-refractivity contribution in [3.63, 3.8) is 0 Å². The number of ether oxygens (including phenoxy) is 3. The van der Waals surface area contributed by atoms with E-state index < -0.39 is 0 Å².